The molecule has 0 amide bonds. The van der Waals surface area contributed by atoms with E-state index in [9.17, 15) is 0 Å². The smallest absolute Gasteiger partial charge is 0.101 e. The van der Waals surface area contributed by atoms with E-state index in [-0.39, 0.29) is 80.3 Å². The minimum atomic E-state index is 0. The van der Waals surface area contributed by atoms with Crippen molar-refractivity contribution in [2.75, 3.05) is 39.6 Å². The van der Waals surface area contributed by atoms with Crippen LogP contribution >= 0.6 is 0 Å². The molecule has 3 atom stereocenters. The summed E-state index contributed by atoms with van der Waals surface area (Å²) in [6.07, 6.45) is 1.09. The minimum Gasteiger partial charge on any atom is -0.553 e. The zero-order chi connectivity index (χ0) is 13.2. The van der Waals surface area contributed by atoms with Gasteiger partial charge in [0.1, 0.15) is 18.3 Å². The number of hydrogen-bond acceptors (Lipinski definition) is 6. The monoisotopic (exact) mass is 471 g/mol. The van der Waals surface area contributed by atoms with Crippen LogP contribution in [0.25, 0.3) is 0 Å². The fraction of sp³-hybridized carbons (Fsp3) is 0.786. The Morgan fingerprint density at radius 2 is 0.818 bits per heavy atom. The van der Waals surface area contributed by atoms with Gasteiger partial charge in [-0.2, -0.15) is 0 Å². The van der Waals surface area contributed by atoms with Crippen LogP contribution in [0.2, 0.25) is 0 Å². The Hall–Kier alpha value is 1.97. The molecule has 3 heterocycles. The van der Waals surface area contributed by atoms with Crippen LogP contribution in [0.15, 0.2) is 0 Å². The Morgan fingerprint density at radius 1 is 0.636 bits per heavy atom. The van der Waals surface area contributed by atoms with E-state index in [1.165, 1.54) is 0 Å². The standard InChI is InChI=1S/3C4H7O2.2CH4.2Y/c3*1-5-2-4-3-6-4;;;;/h3*4H,1-3H2;2*1H4;;/q3*-1;;;;. The first-order valence-electron chi connectivity index (χ1n) is 5.75. The van der Waals surface area contributed by atoms with E-state index >= 15 is 0 Å². The molecule has 0 spiro atoms. The molecule has 0 bridgehead atoms. The van der Waals surface area contributed by atoms with Crippen molar-refractivity contribution in [3.8, 4) is 0 Å². The van der Waals surface area contributed by atoms with Gasteiger partial charge in [-0.3, -0.25) is 0 Å². The molecule has 3 unspecified atom stereocenters. The van der Waals surface area contributed by atoms with E-state index in [1.807, 2.05) is 0 Å². The predicted octanol–water partition coefficient (Wildman–Crippen LogP) is 1.85. The third kappa shape index (κ3) is 24.2. The topological polar surface area (TPSA) is 65.3 Å². The van der Waals surface area contributed by atoms with Gasteiger partial charge < -0.3 is 28.4 Å². The van der Waals surface area contributed by atoms with Crippen LogP contribution in [0.3, 0.4) is 0 Å². The first-order valence-corrected chi connectivity index (χ1v) is 5.75. The number of ether oxygens (including phenoxy) is 6. The SMILES string of the molecule is C.C.[CH2-]OCC1CO1.[CH2-]OCC1CO1.[CH2-]OCC1CO1.[Y].[Y]. The molecule has 3 aliphatic heterocycles. The van der Waals surface area contributed by atoms with Crippen LogP contribution in [0.5, 0.6) is 0 Å². The number of hydrogen-bond donors (Lipinski definition) is 0. The first kappa shape index (κ1) is 31.7. The Morgan fingerprint density at radius 3 is 0.864 bits per heavy atom. The van der Waals surface area contributed by atoms with Crippen molar-refractivity contribution in [2.45, 2.75) is 33.2 Å². The summed E-state index contributed by atoms with van der Waals surface area (Å²) in [5.41, 5.74) is 0. The molecular formula is C14H29O6Y2-3. The molecule has 0 aromatic heterocycles. The third-order valence-electron chi connectivity index (χ3n) is 2.12. The van der Waals surface area contributed by atoms with Gasteiger partial charge in [0.25, 0.3) is 0 Å². The van der Waals surface area contributed by atoms with Crippen molar-refractivity contribution in [1.29, 1.82) is 0 Å². The summed E-state index contributed by atoms with van der Waals surface area (Å²) in [5, 5.41) is 0. The molecule has 130 valence electrons. The normalized spacial score (nSPS) is 25.0. The average molecular weight is 471 g/mol. The second kappa shape index (κ2) is 21.0. The molecule has 2 radical (unpaired) electrons. The van der Waals surface area contributed by atoms with Crippen LogP contribution in [0, 0.1) is 21.3 Å². The zero-order valence-electron chi connectivity index (χ0n) is 11.7. The minimum absolute atomic E-state index is 0. The van der Waals surface area contributed by atoms with Crippen molar-refractivity contribution in [3.63, 3.8) is 0 Å². The van der Waals surface area contributed by atoms with E-state index in [0.717, 1.165) is 19.8 Å². The van der Waals surface area contributed by atoms with Crippen LogP contribution < -0.4 is 0 Å². The fourth-order valence-corrected chi connectivity index (χ4v) is 0.887. The Kier molecular flexibility index (Phi) is 30.3. The first-order chi connectivity index (χ1) is 8.80. The van der Waals surface area contributed by atoms with Crippen LogP contribution in [-0.4, -0.2) is 58.0 Å². The van der Waals surface area contributed by atoms with Crippen LogP contribution in [0.4, 0.5) is 0 Å². The van der Waals surface area contributed by atoms with Gasteiger partial charge in [0.05, 0.1) is 19.8 Å². The van der Waals surface area contributed by atoms with E-state index in [0.29, 0.717) is 38.1 Å². The maximum atomic E-state index is 4.78. The van der Waals surface area contributed by atoms with Crippen molar-refractivity contribution in [2.24, 2.45) is 0 Å². The van der Waals surface area contributed by atoms with E-state index in [4.69, 9.17) is 14.2 Å². The predicted molar refractivity (Wildman–Crippen MR) is 76.6 cm³/mol. The molecule has 0 aromatic rings. The van der Waals surface area contributed by atoms with E-state index < -0.39 is 0 Å². The Labute approximate surface area is 186 Å². The van der Waals surface area contributed by atoms with Crippen molar-refractivity contribution in [1.82, 2.24) is 0 Å². The second-order valence-corrected chi connectivity index (χ2v) is 3.98. The summed E-state index contributed by atoms with van der Waals surface area (Å²) in [7, 11) is 9.56. The summed E-state index contributed by atoms with van der Waals surface area (Å²) < 4.78 is 27.8. The Bertz CT molecular complexity index is 166. The molecule has 0 aliphatic carbocycles. The summed E-state index contributed by atoms with van der Waals surface area (Å²) in [4.78, 5) is 0. The molecule has 0 saturated carbocycles. The van der Waals surface area contributed by atoms with Gasteiger partial charge in [0, 0.05) is 85.2 Å². The molecule has 3 rings (SSSR count). The molecule has 22 heavy (non-hydrogen) atoms. The van der Waals surface area contributed by atoms with Gasteiger partial charge in [-0.15, -0.1) is 0 Å². The number of epoxide rings is 3. The van der Waals surface area contributed by atoms with Gasteiger partial charge >= 0.3 is 0 Å². The quantitative estimate of drug-likeness (QED) is 0.436. The molecule has 3 aliphatic rings. The summed E-state index contributed by atoms with van der Waals surface area (Å²) >= 11 is 0. The second-order valence-electron chi connectivity index (χ2n) is 3.98. The molecule has 3 fully saturated rings. The fourth-order valence-electron chi connectivity index (χ4n) is 0.887. The maximum Gasteiger partial charge on any atom is 0.101 e. The van der Waals surface area contributed by atoms with Gasteiger partial charge in [-0.25, -0.2) is 21.3 Å². The van der Waals surface area contributed by atoms with Gasteiger partial charge in [0.2, 0.25) is 0 Å². The maximum absolute atomic E-state index is 4.78. The molecule has 0 N–H and O–H groups in total. The number of rotatable bonds is 6. The molecule has 6 nitrogen and oxygen atoms in total. The molecule has 8 heteroatoms. The van der Waals surface area contributed by atoms with E-state index in [2.05, 4.69) is 35.5 Å². The van der Waals surface area contributed by atoms with Crippen LogP contribution in [-0.2, 0) is 93.8 Å². The van der Waals surface area contributed by atoms with Crippen molar-refractivity contribution in [3.05, 3.63) is 21.3 Å². The summed E-state index contributed by atoms with van der Waals surface area (Å²) in [5.74, 6) is 0. The van der Waals surface area contributed by atoms with E-state index in [1.54, 1.807) is 0 Å². The van der Waals surface area contributed by atoms with Gasteiger partial charge in [-0.05, 0) is 0 Å². The largest absolute Gasteiger partial charge is 0.553 e. The Balaban J connectivity index is -0.000000101. The zero-order valence-corrected chi connectivity index (χ0v) is 17.4. The van der Waals surface area contributed by atoms with Crippen molar-refractivity contribution < 1.29 is 93.8 Å². The summed E-state index contributed by atoms with van der Waals surface area (Å²) in [6.45, 7) is 4.53. The van der Waals surface area contributed by atoms with Crippen molar-refractivity contribution >= 4 is 0 Å². The summed E-state index contributed by atoms with van der Waals surface area (Å²) in [6, 6.07) is 0. The molecule has 0 aromatic carbocycles. The average Bonchev–Trinajstić information content (AvgIpc) is 3.17. The van der Waals surface area contributed by atoms with Gasteiger partial charge in [-0.1, -0.05) is 14.9 Å². The molecule has 3 saturated heterocycles. The van der Waals surface area contributed by atoms with Crippen LogP contribution in [0.1, 0.15) is 14.9 Å². The third-order valence-corrected chi connectivity index (χ3v) is 2.12. The molecular weight excluding hydrogens is 442 g/mol. The van der Waals surface area contributed by atoms with Gasteiger partial charge in [0.15, 0.2) is 0 Å².